The van der Waals surface area contributed by atoms with Crippen molar-refractivity contribution in [2.75, 3.05) is 5.75 Å². The van der Waals surface area contributed by atoms with E-state index in [0.29, 0.717) is 21.0 Å². The molecule has 0 saturated carbocycles. The van der Waals surface area contributed by atoms with Crippen LogP contribution in [-0.2, 0) is 4.79 Å². The van der Waals surface area contributed by atoms with Crippen LogP contribution in [0.4, 0.5) is 0 Å². The fraction of sp³-hybridized carbons (Fsp3) is 0.0833. The molecule has 0 radical (unpaired) electrons. The molecule has 3 aromatic carbocycles. The Morgan fingerprint density at radius 3 is 2.52 bits per heavy atom. The van der Waals surface area contributed by atoms with Crippen LogP contribution in [0.2, 0.25) is 10.0 Å². The fourth-order valence-corrected chi connectivity index (χ4v) is 4.07. The van der Waals surface area contributed by atoms with Gasteiger partial charge in [0, 0.05) is 21.3 Å². The molecule has 1 amide bonds. The summed E-state index contributed by atoms with van der Waals surface area (Å²) in [5.41, 5.74) is 6.24. The lowest BCUT2D eigenvalue weighted by molar-refractivity contribution is -0.118. The molecule has 0 bridgehead atoms. The van der Waals surface area contributed by atoms with Crippen molar-refractivity contribution in [3.63, 3.8) is 0 Å². The lowest BCUT2D eigenvalue weighted by atomic mass is 10.2. The first kappa shape index (κ1) is 23.0. The van der Waals surface area contributed by atoms with Crippen LogP contribution < -0.4 is 5.43 Å². The maximum atomic E-state index is 12.3. The molecule has 4 aromatic rings. The normalized spacial score (nSPS) is 11.1. The highest BCUT2D eigenvalue weighted by Gasteiger charge is 2.17. The molecule has 33 heavy (non-hydrogen) atoms. The van der Waals surface area contributed by atoms with Gasteiger partial charge in [-0.25, -0.2) is 5.43 Å². The fourth-order valence-electron chi connectivity index (χ4n) is 3.00. The van der Waals surface area contributed by atoms with Crippen LogP contribution in [0.5, 0.6) is 0 Å². The molecule has 0 unspecified atom stereocenters. The summed E-state index contributed by atoms with van der Waals surface area (Å²) in [6.45, 7) is 2.03. The van der Waals surface area contributed by atoms with Crippen LogP contribution in [-0.4, -0.2) is 32.6 Å². The molecule has 0 atom stereocenters. The van der Waals surface area contributed by atoms with E-state index in [1.807, 2.05) is 72.2 Å². The molecule has 1 heterocycles. The third-order valence-electron chi connectivity index (χ3n) is 4.61. The number of nitrogens with zero attached hydrogens (tertiary/aromatic N) is 4. The molecule has 0 fully saturated rings. The molecule has 166 valence electrons. The molecule has 6 nitrogen and oxygen atoms in total. The van der Waals surface area contributed by atoms with Gasteiger partial charge in [0.1, 0.15) is 0 Å². The van der Waals surface area contributed by atoms with Crippen LogP contribution in [0.15, 0.2) is 83.1 Å². The summed E-state index contributed by atoms with van der Waals surface area (Å²) in [6, 6.07) is 22.6. The molecule has 0 aliphatic heterocycles. The summed E-state index contributed by atoms with van der Waals surface area (Å²) in [5.74, 6) is 0.527. The lowest BCUT2D eigenvalue weighted by Crippen LogP contribution is -2.20. The van der Waals surface area contributed by atoms with Crippen LogP contribution in [0.1, 0.15) is 11.1 Å². The minimum absolute atomic E-state index is 0.123. The second kappa shape index (κ2) is 10.7. The van der Waals surface area contributed by atoms with Crippen LogP contribution in [0.3, 0.4) is 0 Å². The number of aromatic nitrogens is 3. The van der Waals surface area contributed by atoms with E-state index in [4.69, 9.17) is 23.2 Å². The Hall–Kier alpha value is -3.13. The number of carbonyl (C=O) groups excluding carboxylic acids is 1. The Bertz CT molecular complexity index is 1290. The molecule has 0 aliphatic rings. The van der Waals surface area contributed by atoms with E-state index in [-0.39, 0.29) is 11.7 Å². The molecule has 4 rings (SSSR count). The van der Waals surface area contributed by atoms with Crippen molar-refractivity contribution in [2.45, 2.75) is 12.1 Å². The highest BCUT2D eigenvalue weighted by molar-refractivity contribution is 7.99. The summed E-state index contributed by atoms with van der Waals surface area (Å²) in [7, 11) is 0. The third-order valence-corrected chi connectivity index (χ3v) is 6.03. The third kappa shape index (κ3) is 6.01. The Kier molecular flexibility index (Phi) is 7.44. The van der Waals surface area contributed by atoms with E-state index < -0.39 is 0 Å². The van der Waals surface area contributed by atoms with Gasteiger partial charge in [0.25, 0.3) is 5.91 Å². The largest absolute Gasteiger partial charge is 0.272 e. The second-order valence-electron chi connectivity index (χ2n) is 7.12. The first-order valence-electron chi connectivity index (χ1n) is 9.98. The van der Waals surface area contributed by atoms with Crippen molar-refractivity contribution in [3.05, 3.63) is 94.0 Å². The summed E-state index contributed by atoms with van der Waals surface area (Å²) in [4.78, 5) is 12.3. The quantitative estimate of drug-likeness (QED) is 0.200. The monoisotopic (exact) mass is 495 g/mol. The number of hydrogen-bond donors (Lipinski definition) is 1. The number of hydrogen-bond acceptors (Lipinski definition) is 5. The van der Waals surface area contributed by atoms with Gasteiger partial charge in [-0.2, -0.15) is 5.10 Å². The Morgan fingerprint density at radius 1 is 1.03 bits per heavy atom. The SMILES string of the molecule is Cc1ccc(-n2c(SCC(=O)N/N=C/c3cccc(Cl)c3)nnc2-c2ccc(Cl)cc2)cc1. The average molecular weight is 496 g/mol. The summed E-state index contributed by atoms with van der Waals surface area (Å²) >= 11 is 13.3. The van der Waals surface area contributed by atoms with Crippen molar-refractivity contribution in [1.82, 2.24) is 20.2 Å². The molecular weight excluding hydrogens is 477 g/mol. The molecule has 0 spiro atoms. The zero-order valence-corrected chi connectivity index (χ0v) is 19.9. The van der Waals surface area contributed by atoms with E-state index >= 15 is 0 Å². The standard InChI is InChI=1S/C24H19Cl2N5OS/c1-16-5-11-21(12-6-16)31-23(18-7-9-19(25)10-8-18)29-30-24(31)33-15-22(32)28-27-14-17-3-2-4-20(26)13-17/h2-14H,15H2,1H3,(H,28,32)/b27-14+. The predicted octanol–water partition coefficient (Wildman–Crippen LogP) is 5.79. The van der Waals surface area contributed by atoms with Crippen LogP contribution in [0.25, 0.3) is 17.1 Å². The van der Waals surface area contributed by atoms with E-state index in [9.17, 15) is 4.79 Å². The van der Waals surface area contributed by atoms with Crippen molar-refractivity contribution in [1.29, 1.82) is 0 Å². The van der Waals surface area contributed by atoms with Gasteiger partial charge in [-0.3, -0.25) is 9.36 Å². The Labute approximate surface area is 205 Å². The number of rotatable bonds is 7. The van der Waals surface area contributed by atoms with Crippen molar-refractivity contribution in [2.24, 2.45) is 5.10 Å². The van der Waals surface area contributed by atoms with E-state index in [2.05, 4.69) is 20.7 Å². The zero-order valence-electron chi connectivity index (χ0n) is 17.6. The summed E-state index contributed by atoms with van der Waals surface area (Å²) in [6.07, 6.45) is 1.54. The molecule has 1 N–H and O–H groups in total. The molecule has 0 aliphatic carbocycles. The number of hydrazone groups is 1. The van der Waals surface area contributed by atoms with Gasteiger partial charge in [-0.15, -0.1) is 10.2 Å². The maximum absolute atomic E-state index is 12.3. The van der Waals surface area contributed by atoms with Gasteiger partial charge in [-0.1, -0.05) is 64.8 Å². The molecule has 9 heteroatoms. The topological polar surface area (TPSA) is 72.2 Å². The number of benzene rings is 3. The average Bonchev–Trinajstić information content (AvgIpc) is 3.23. The lowest BCUT2D eigenvalue weighted by Gasteiger charge is -2.10. The Balaban J connectivity index is 1.51. The van der Waals surface area contributed by atoms with Gasteiger partial charge in [0.15, 0.2) is 11.0 Å². The number of carbonyl (C=O) groups is 1. The second-order valence-corrected chi connectivity index (χ2v) is 8.94. The number of aryl methyl sites for hydroxylation is 1. The first-order chi connectivity index (χ1) is 16.0. The van der Waals surface area contributed by atoms with E-state index in [1.54, 1.807) is 18.3 Å². The predicted molar refractivity (Wildman–Crippen MR) is 134 cm³/mol. The minimum atomic E-state index is -0.259. The van der Waals surface area contributed by atoms with Crippen LogP contribution >= 0.6 is 35.0 Å². The number of nitrogens with one attached hydrogen (secondary N) is 1. The zero-order chi connectivity index (χ0) is 23.2. The highest BCUT2D eigenvalue weighted by Crippen LogP contribution is 2.28. The molecular formula is C24H19Cl2N5OS. The van der Waals surface area contributed by atoms with Gasteiger partial charge < -0.3 is 0 Å². The molecule has 1 aromatic heterocycles. The van der Waals surface area contributed by atoms with Crippen molar-refractivity contribution < 1.29 is 4.79 Å². The van der Waals surface area contributed by atoms with Gasteiger partial charge >= 0.3 is 0 Å². The smallest absolute Gasteiger partial charge is 0.250 e. The minimum Gasteiger partial charge on any atom is -0.272 e. The van der Waals surface area contributed by atoms with Crippen molar-refractivity contribution >= 4 is 47.1 Å². The van der Waals surface area contributed by atoms with Crippen molar-refractivity contribution in [3.8, 4) is 17.1 Å². The molecule has 0 saturated heterocycles. The summed E-state index contributed by atoms with van der Waals surface area (Å²) in [5, 5.41) is 14.5. The van der Waals surface area contributed by atoms with Gasteiger partial charge in [0.05, 0.1) is 12.0 Å². The van der Waals surface area contributed by atoms with Gasteiger partial charge in [-0.05, 0) is 61.0 Å². The maximum Gasteiger partial charge on any atom is 0.250 e. The Morgan fingerprint density at radius 2 is 1.79 bits per heavy atom. The number of amides is 1. The van der Waals surface area contributed by atoms with E-state index in [1.165, 1.54) is 11.8 Å². The first-order valence-corrected chi connectivity index (χ1v) is 11.7. The van der Waals surface area contributed by atoms with Gasteiger partial charge in [0.2, 0.25) is 0 Å². The highest BCUT2D eigenvalue weighted by atomic mass is 35.5. The number of thioether (sulfide) groups is 1. The van der Waals surface area contributed by atoms with E-state index in [0.717, 1.165) is 22.4 Å². The number of halogens is 2. The van der Waals surface area contributed by atoms with Crippen LogP contribution in [0, 0.1) is 6.92 Å². The summed E-state index contributed by atoms with van der Waals surface area (Å²) < 4.78 is 1.93.